The molecular formula is C26H26ClN2O5S-. The lowest BCUT2D eigenvalue weighted by Gasteiger charge is -2.37. The van der Waals surface area contributed by atoms with Crippen molar-refractivity contribution in [2.45, 2.75) is 45.1 Å². The maximum Gasteiger partial charge on any atom is 0.341 e. The third-order valence-corrected chi connectivity index (χ3v) is 7.11. The average molecular weight is 514 g/mol. The summed E-state index contributed by atoms with van der Waals surface area (Å²) < 4.78 is 31.5. The van der Waals surface area contributed by atoms with Crippen molar-refractivity contribution in [3.63, 3.8) is 0 Å². The number of ether oxygens (including phenoxy) is 1. The quantitative estimate of drug-likeness (QED) is 0.389. The van der Waals surface area contributed by atoms with Crippen molar-refractivity contribution in [2.24, 2.45) is 0 Å². The number of nitrogens with zero attached hydrogens (tertiary/aromatic N) is 2. The fourth-order valence-electron chi connectivity index (χ4n) is 4.44. The van der Waals surface area contributed by atoms with Crippen molar-refractivity contribution >= 4 is 34.7 Å². The summed E-state index contributed by atoms with van der Waals surface area (Å²) in [6.45, 7) is 3.76. The molecule has 0 amide bonds. The number of carbonyl (C=O) groups is 1. The molecule has 4 rings (SSSR count). The largest absolute Gasteiger partial charge is 0.755 e. The van der Waals surface area contributed by atoms with Crippen LogP contribution < -0.4 is 9.04 Å². The molecule has 0 saturated heterocycles. The van der Waals surface area contributed by atoms with Crippen LogP contribution in [0.3, 0.4) is 0 Å². The van der Waals surface area contributed by atoms with Crippen LogP contribution in [0.15, 0.2) is 54.7 Å². The number of carboxylic acid groups (broad SMARTS) is 1. The number of anilines is 1. The number of hydrogen-bond donors (Lipinski definition) is 1. The van der Waals surface area contributed by atoms with Gasteiger partial charge in [-0.15, -0.1) is 0 Å². The van der Waals surface area contributed by atoms with Gasteiger partial charge in [-0.2, -0.15) is 0 Å². The maximum atomic E-state index is 12.4. The molecule has 0 spiro atoms. The molecule has 1 aliphatic rings. The zero-order chi connectivity index (χ0) is 25.1. The van der Waals surface area contributed by atoms with Gasteiger partial charge in [-0.3, -0.25) is 8.51 Å². The Balaban J connectivity index is 1.68. The number of carboxylic acids is 1. The number of aliphatic carboxylic acids is 1. The van der Waals surface area contributed by atoms with Crippen LogP contribution in [0.2, 0.25) is 5.02 Å². The number of pyridine rings is 1. The van der Waals surface area contributed by atoms with Crippen LogP contribution in [-0.2, 0) is 22.5 Å². The highest BCUT2D eigenvalue weighted by Gasteiger charge is 2.30. The van der Waals surface area contributed by atoms with Crippen molar-refractivity contribution in [1.29, 1.82) is 0 Å². The van der Waals surface area contributed by atoms with Crippen molar-refractivity contribution in [1.82, 2.24) is 4.98 Å². The molecule has 3 aromatic rings. The van der Waals surface area contributed by atoms with Gasteiger partial charge in [0.1, 0.15) is 11.6 Å². The number of fused-ring (bicyclic) bond motifs is 1. The predicted molar refractivity (Wildman–Crippen MR) is 135 cm³/mol. The van der Waals surface area contributed by atoms with E-state index in [1.54, 1.807) is 24.4 Å². The second-order valence-electron chi connectivity index (χ2n) is 8.79. The summed E-state index contributed by atoms with van der Waals surface area (Å²) >= 11 is 3.70. The van der Waals surface area contributed by atoms with Crippen LogP contribution in [0, 0.1) is 0 Å². The number of aromatic nitrogens is 1. The van der Waals surface area contributed by atoms with Crippen LogP contribution in [0.4, 0.5) is 5.82 Å². The van der Waals surface area contributed by atoms with E-state index in [-0.39, 0.29) is 0 Å². The van der Waals surface area contributed by atoms with E-state index in [2.05, 4.69) is 31.0 Å². The fraction of sp³-hybridized carbons (Fsp3) is 0.308. The first-order valence-corrected chi connectivity index (χ1v) is 12.8. The van der Waals surface area contributed by atoms with Crippen LogP contribution in [0.5, 0.6) is 5.75 Å². The summed E-state index contributed by atoms with van der Waals surface area (Å²) in [5.41, 5.74) is 4.59. The molecule has 0 bridgehead atoms. The Morgan fingerprint density at radius 1 is 1.26 bits per heavy atom. The lowest BCUT2D eigenvalue weighted by Crippen LogP contribution is -2.33. The van der Waals surface area contributed by atoms with Crippen molar-refractivity contribution in [3.8, 4) is 16.9 Å². The first-order chi connectivity index (χ1) is 16.7. The van der Waals surface area contributed by atoms with E-state index in [1.807, 2.05) is 18.2 Å². The molecule has 0 saturated carbocycles. The third kappa shape index (κ3) is 5.66. The summed E-state index contributed by atoms with van der Waals surface area (Å²) in [4.78, 5) is 15.5. The van der Waals surface area contributed by atoms with Gasteiger partial charge in [0, 0.05) is 28.0 Å². The first kappa shape index (κ1) is 25.2. The molecule has 1 heterocycles. The molecule has 184 valence electrons. The lowest BCUT2D eigenvalue weighted by atomic mass is 9.87. The molecule has 2 atom stereocenters. The van der Waals surface area contributed by atoms with Gasteiger partial charge in [-0.25, -0.2) is 9.78 Å². The Bertz CT molecular complexity index is 1250. The number of benzene rings is 2. The van der Waals surface area contributed by atoms with E-state index >= 15 is 0 Å². The van der Waals surface area contributed by atoms with Gasteiger partial charge in [0.15, 0.2) is 6.61 Å². The highest BCUT2D eigenvalue weighted by Crippen LogP contribution is 2.42. The minimum Gasteiger partial charge on any atom is -0.755 e. The lowest BCUT2D eigenvalue weighted by molar-refractivity contribution is -0.139. The zero-order valence-electron chi connectivity index (χ0n) is 19.4. The van der Waals surface area contributed by atoms with Gasteiger partial charge in [0.25, 0.3) is 0 Å². The van der Waals surface area contributed by atoms with E-state index in [0.29, 0.717) is 47.3 Å². The van der Waals surface area contributed by atoms with Crippen molar-refractivity contribution in [2.75, 3.05) is 10.9 Å². The van der Waals surface area contributed by atoms with Gasteiger partial charge in [0.2, 0.25) is 0 Å². The zero-order valence-corrected chi connectivity index (χ0v) is 21.0. The SMILES string of the molecule is CC(C)c1cccc(-c2ccc(N(C3CCCc4c(OCC(=O)O)cc(Cl)cc43)S(=O)[O-])nc2)c1. The molecule has 2 unspecified atom stereocenters. The summed E-state index contributed by atoms with van der Waals surface area (Å²) in [5.74, 6) is -0.0442. The maximum absolute atomic E-state index is 12.4. The summed E-state index contributed by atoms with van der Waals surface area (Å²) in [5, 5.41) is 9.35. The molecule has 1 aromatic heterocycles. The number of rotatable bonds is 8. The minimum atomic E-state index is -2.60. The molecule has 2 aromatic carbocycles. The fourth-order valence-corrected chi connectivity index (χ4v) is 5.34. The van der Waals surface area contributed by atoms with Crippen LogP contribution in [0.1, 0.15) is 55.3 Å². The molecule has 9 heteroatoms. The van der Waals surface area contributed by atoms with E-state index in [9.17, 15) is 13.6 Å². The van der Waals surface area contributed by atoms with Crippen molar-refractivity contribution in [3.05, 3.63) is 76.4 Å². The molecule has 0 aliphatic heterocycles. The summed E-state index contributed by atoms with van der Waals surface area (Å²) in [7, 11) is 0. The Morgan fingerprint density at radius 2 is 2.06 bits per heavy atom. The third-order valence-electron chi connectivity index (χ3n) is 6.13. The molecule has 35 heavy (non-hydrogen) atoms. The second kappa shape index (κ2) is 10.8. The van der Waals surface area contributed by atoms with Crippen LogP contribution in [-0.4, -0.2) is 31.4 Å². The number of halogens is 1. The van der Waals surface area contributed by atoms with E-state index < -0.39 is 29.9 Å². The van der Waals surface area contributed by atoms with Gasteiger partial charge in [-0.05, 0) is 71.7 Å². The van der Waals surface area contributed by atoms with Gasteiger partial charge < -0.3 is 14.4 Å². The highest BCUT2D eigenvalue weighted by atomic mass is 35.5. The average Bonchev–Trinajstić information content (AvgIpc) is 2.83. The predicted octanol–water partition coefficient (Wildman–Crippen LogP) is 5.67. The van der Waals surface area contributed by atoms with Crippen LogP contribution >= 0.6 is 11.6 Å². The van der Waals surface area contributed by atoms with Gasteiger partial charge in [-0.1, -0.05) is 49.7 Å². The molecule has 1 N–H and O–H groups in total. The first-order valence-electron chi connectivity index (χ1n) is 11.4. The Labute approximate surface area is 212 Å². The molecule has 1 aliphatic carbocycles. The normalized spacial score (nSPS) is 16.0. The van der Waals surface area contributed by atoms with Gasteiger partial charge in [0.05, 0.1) is 6.04 Å². The summed E-state index contributed by atoms with van der Waals surface area (Å²) in [6, 6.07) is 14.5. The molecular weight excluding hydrogens is 488 g/mol. The molecule has 0 fully saturated rings. The van der Waals surface area contributed by atoms with E-state index in [1.165, 1.54) is 9.87 Å². The minimum absolute atomic E-state index is 0.299. The standard InChI is InChI=1S/C26H27ClN2O5S/c1-16(2)17-5-3-6-18(11-17)19-9-10-25(28-14-19)29(35(32)33)23-8-4-7-21-22(23)12-20(27)13-24(21)34-15-26(30)31/h3,5-6,9-14,16,23H,4,7-8,15H2,1-2H3,(H,30,31)(H,32,33)/p-1. The van der Waals surface area contributed by atoms with Crippen molar-refractivity contribution < 1.29 is 23.4 Å². The Hall–Kier alpha value is -2.94. The van der Waals surface area contributed by atoms with E-state index in [4.69, 9.17) is 21.4 Å². The van der Waals surface area contributed by atoms with Crippen LogP contribution in [0.25, 0.3) is 11.1 Å². The second-order valence-corrected chi connectivity index (χ2v) is 10.1. The van der Waals surface area contributed by atoms with E-state index in [0.717, 1.165) is 16.7 Å². The summed E-state index contributed by atoms with van der Waals surface area (Å²) in [6.07, 6.45) is 3.59. The Morgan fingerprint density at radius 3 is 2.71 bits per heavy atom. The smallest absolute Gasteiger partial charge is 0.341 e. The van der Waals surface area contributed by atoms with Gasteiger partial charge >= 0.3 is 5.97 Å². The monoisotopic (exact) mass is 513 g/mol. The number of hydrogen-bond acceptors (Lipinski definition) is 5. The topological polar surface area (TPSA) is 103 Å². The molecule has 7 nitrogen and oxygen atoms in total. The molecule has 0 radical (unpaired) electrons. The highest BCUT2D eigenvalue weighted by molar-refractivity contribution is 7.80. The Kier molecular flexibility index (Phi) is 7.74.